The first kappa shape index (κ1) is 24.4. The maximum absolute atomic E-state index is 13.6. The lowest BCUT2D eigenvalue weighted by molar-refractivity contribution is -0.130. The Hall–Kier alpha value is -3.26. The predicted molar refractivity (Wildman–Crippen MR) is 142 cm³/mol. The Morgan fingerprint density at radius 1 is 1.14 bits per heavy atom. The quantitative estimate of drug-likeness (QED) is 0.511. The number of carbonyl (C=O) groups excluding carboxylic acids is 2. The van der Waals surface area contributed by atoms with E-state index >= 15 is 0 Å². The number of hydrogen-bond acceptors (Lipinski definition) is 5. The molecule has 7 nitrogen and oxygen atoms in total. The minimum absolute atomic E-state index is 0.00972. The third-order valence-corrected chi connectivity index (χ3v) is 7.83. The van der Waals surface area contributed by atoms with Crippen molar-refractivity contribution in [2.24, 2.45) is 0 Å². The molecule has 0 bridgehead atoms. The van der Waals surface area contributed by atoms with Crippen LogP contribution in [0, 0.1) is 0 Å². The lowest BCUT2D eigenvalue weighted by Crippen LogP contribution is -2.49. The van der Waals surface area contributed by atoms with Crippen LogP contribution in [0.4, 0.5) is 0 Å². The van der Waals surface area contributed by atoms with Gasteiger partial charge in [-0.15, -0.1) is 11.3 Å². The highest BCUT2D eigenvalue weighted by atomic mass is 32.1. The highest BCUT2D eigenvalue weighted by molar-refractivity contribution is 7.13. The van der Waals surface area contributed by atoms with Gasteiger partial charge < -0.3 is 24.3 Å². The van der Waals surface area contributed by atoms with Crippen LogP contribution in [0.25, 0.3) is 21.7 Å². The summed E-state index contributed by atoms with van der Waals surface area (Å²) < 4.78 is 13.9. The van der Waals surface area contributed by atoms with Crippen molar-refractivity contribution in [2.75, 3.05) is 20.2 Å². The van der Waals surface area contributed by atoms with Gasteiger partial charge in [-0.2, -0.15) is 0 Å². The van der Waals surface area contributed by atoms with Gasteiger partial charge in [-0.1, -0.05) is 6.07 Å². The summed E-state index contributed by atoms with van der Waals surface area (Å²) in [4.78, 5) is 28.4. The molecule has 3 aromatic rings. The number of nitrogens with one attached hydrogen (secondary N) is 1. The molecule has 190 valence electrons. The van der Waals surface area contributed by atoms with Crippen LogP contribution < -0.4 is 14.8 Å². The topological polar surface area (TPSA) is 72.8 Å². The minimum Gasteiger partial charge on any atom is -0.493 e. The van der Waals surface area contributed by atoms with Gasteiger partial charge >= 0.3 is 0 Å². The van der Waals surface area contributed by atoms with Crippen LogP contribution in [-0.2, 0) is 17.8 Å². The van der Waals surface area contributed by atoms with Crippen LogP contribution in [0.1, 0.15) is 49.7 Å². The van der Waals surface area contributed by atoms with Crippen molar-refractivity contribution in [3.63, 3.8) is 0 Å². The standard InChI is InChI=1S/C28H33N3O4S/c1-17(2)35-25-15-21-19(13-24(25)34-4)9-11-31-23(14-22(27(21)31)26-8-6-12-36-26)28(33)29-20-7-5-10-30(16-20)18(3)32/h6,8,12-15,17,20H,5,7,9-11,16H2,1-4H3,(H,29,33)/t20-/m1/s1. The molecule has 1 aromatic carbocycles. The zero-order valence-corrected chi connectivity index (χ0v) is 22.1. The van der Waals surface area contributed by atoms with Gasteiger partial charge in [0.05, 0.1) is 18.9 Å². The van der Waals surface area contributed by atoms with E-state index in [0.717, 1.165) is 53.3 Å². The van der Waals surface area contributed by atoms with Gasteiger partial charge in [-0.3, -0.25) is 9.59 Å². The van der Waals surface area contributed by atoms with E-state index in [-0.39, 0.29) is 24.0 Å². The Labute approximate surface area is 216 Å². The summed E-state index contributed by atoms with van der Waals surface area (Å²) in [6.45, 7) is 7.61. The Morgan fingerprint density at radius 3 is 2.67 bits per heavy atom. The van der Waals surface area contributed by atoms with Crippen molar-refractivity contribution >= 4 is 23.2 Å². The number of carbonyl (C=O) groups is 2. The smallest absolute Gasteiger partial charge is 0.268 e. The molecule has 0 spiro atoms. The van der Waals surface area contributed by atoms with Gasteiger partial charge in [-0.05, 0) is 68.3 Å². The van der Waals surface area contributed by atoms with E-state index in [0.29, 0.717) is 24.5 Å². The summed E-state index contributed by atoms with van der Waals surface area (Å²) >= 11 is 1.67. The van der Waals surface area contributed by atoms with E-state index < -0.39 is 0 Å². The second-order valence-corrected chi connectivity index (χ2v) is 10.7. The highest BCUT2D eigenvalue weighted by Crippen LogP contribution is 2.45. The SMILES string of the molecule is COc1cc2c(cc1OC(C)C)-c1c(-c3cccs3)cc(C(=O)N[C@@H]3CCCN(C(C)=O)C3)n1CC2. The summed E-state index contributed by atoms with van der Waals surface area (Å²) in [6.07, 6.45) is 2.57. The van der Waals surface area contributed by atoms with Crippen molar-refractivity contribution in [1.82, 2.24) is 14.8 Å². The largest absolute Gasteiger partial charge is 0.493 e. The zero-order valence-electron chi connectivity index (χ0n) is 21.3. The van der Waals surface area contributed by atoms with Gasteiger partial charge in [0.15, 0.2) is 11.5 Å². The van der Waals surface area contributed by atoms with Crippen LogP contribution in [-0.4, -0.2) is 53.6 Å². The number of piperidine rings is 1. The summed E-state index contributed by atoms with van der Waals surface area (Å²) in [5.74, 6) is 1.39. The molecule has 1 saturated heterocycles. The van der Waals surface area contributed by atoms with Crippen molar-refractivity contribution < 1.29 is 19.1 Å². The van der Waals surface area contributed by atoms with Gasteiger partial charge in [0.25, 0.3) is 5.91 Å². The fourth-order valence-electron chi connectivity index (χ4n) is 5.29. The van der Waals surface area contributed by atoms with Gasteiger partial charge in [0, 0.05) is 48.6 Å². The molecular weight excluding hydrogens is 474 g/mol. The van der Waals surface area contributed by atoms with E-state index in [4.69, 9.17) is 9.47 Å². The van der Waals surface area contributed by atoms with Crippen LogP contribution in [0.5, 0.6) is 11.5 Å². The summed E-state index contributed by atoms with van der Waals surface area (Å²) in [7, 11) is 1.67. The first-order chi connectivity index (χ1) is 17.4. The molecule has 8 heteroatoms. The van der Waals surface area contributed by atoms with Gasteiger partial charge in [0.2, 0.25) is 5.91 Å². The number of aryl methyl sites for hydroxylation is 1. The Bertz CT molecular complexity index is 1280. The third kappa shape index (κ3) is 4.62. The number of thiophene rings is 1. The number of benzene rings is 1. The van der Waals surface area contributed by atoms with Crippen molar-refractivity contribution in [3.05, 3.63) is 47.0 Å². The van der Waals surface area contributed by atoms with E-state index in [2.05, 4.69) is 33.5 Å². The van der Waals surface area contributed by atoms with E-state index in [1.54, 1.807) is 25.4 Å². The molecule has 0 unspecified atom stereocenters. The average molecular weight is 508 g/mol. The number of ether oxygens (including phenoxy) is 2. The van der Waals surface area contributed by atoms with Crippen LogP contribution in [0.3, 0.4) is 0 Å². The molecule has 5 rings (SSSR count). The lowest BCUT2D eigenvalue weighted by Gasteiger charge is -2.32. The first-order valence-corrected chi connectivity index (χ1v) is 13.5. The zero-order chi connectivity index (χ0) is 25.4. The van der Waals surface area contributed by atoms with Crippen molar-refractivity contribution in [2.45, 2.75) is 58.7 Å². The Kier molecular flexibility index (Phi) is 6.79. The predicted octanol–water partition coefficient (Wildman–Crippen LogP) is 4.98. The molecule has 1 atom stereocenters. The summed E-state index contributed by atoms with van der Waals surface area (Å²) in [5.41, 5.74) is 4.99. The average Bonchev–Trinajstić information content (AvgIpc) is 3.51. The fourth-order valence-corrected chi connectivity index (χ4v) is 6.03. The maximum atomic E-state index is 13.6. The van der Waals surface area contributed by atoms with Crippen molar-refractivity contribution in [3.8, 4) is 33.2 Å². The number of amides is 2. The minimum atomic E-state index is -0.0925. The molecule has 0 radical (unpaired) electrons. The number of rotatable bonds is 6. The van der Waals surface area contributed by atoms with Gasteiger partial charge in [0.1, 0.15) is 5.69 Å². The summed E-state index contributed by atoms with van der Waals surface area (Å²) in [6, 6.07) is 10.2. The second-order valence-electron chi connectivity index (χ2n) is 9.78. The normalized spacial score (nSPS) is 16.9. The summed E-state index contributed by atoms with van der Waals surface area (Å²) in [5, 5.41) is 5.27. The fraction of sp³-hybridized carbons (Fsp3) is 0.429. The van der Waals surface area contributed by atoms with Crippen molar-refractivity contribution in [1.29, 1.82) is 0 Å². The Morgan fingerprint density at radius 2 is 1.97 bits per heavy atom. The van der Waals surface area contributed by atoms with Gasteiger partial charge in [-0.25, -0.2) is 0 Å². The van der Waals surface area contributed by atoms with E-state index in [9.17, 15) is 9.59 Å². The molecule has 1 fully saturated rings. The molecule has 2 aromatic heterocycles. The van der Waals surface area contributed by atoms with Crippen LogP contribution >= 0.6 is 11.3 Å². The molecule has 0 saturated carbocycles. The molecule has 1 N–H and O–H groups in total. The molecule has 0 aliphatic carbocycles. The lowest BCUT2D eigenvalue weighted by atomic mass is 9.95. The molecule has 2 aliphatic rings. The van der Waals surface area contributed by atoms with Crippen LogP contribution in [0.2, 0.25) is 0 Å². The molecule has 2 aliphatic heterocycles. The maximum Gasteiger partial charge on any atom is 0.268 e. The van der Waals surface area contributed by atoms with E-state index in [1.165, 1.54) is 5.56 Å². The molecule has 36 heavy (non-hydrogen) atoms. The number of fused-ring (bicyclic) bond motifs is 3. The van der Waals surface area contributed by atoms with Crippen LogP contribution in [0.15, 0.2) is 35.7 Å². The molecule has 2 amide bonds. The first-order valence-electron chi connectivity index (χ1n) is 12.6. The second kappa shape index (κ2) is 10.0. The van der Waals surface area contributed by atoms with E-state index in [1.807, 2.05) is 30.9 Å². The number of nitrogens with zero attached hydrogens (tertiary/aromatic N) is 2. The molecular formula is C28H33N3O4S. The molecule has 4 heterocycles. The number of likely N-dealkylation sites (tertiary alicyclic amines) is 1. The number of hydrogen-bond donors (Lipinski definition) is 1. The third-order valence-electron chi connectivity index (χ3n) is 6.93. The number of methoxy groups -OCH3 is 1. The number of aromatic nitrogens is 1. The highest BCUT2D eigenvalue weighted by Gasteiger charge is 2.30. The monoisotopic (exact) mass is 507 g/mol. The Balaban J connectivity index is 1.56.